The Morgan fingerprint density at radius 3 is 2.44 bits per heavy atom. The van der Waals surface area contributed by atoms with E-state index >= 15 is 0 Å². The van der Waals surface area contributed by atoms with Crippen LogP contribution in [0.5, 0.6) is 0 Å². The number of halogens is 1. The fraction of sp³-hybridized carbons (Fsp3) is 0.667. The molecule has 2 aliphatic rings. The first-order chi connectivity index (χ1) is 8.79. The molecule has 1 aromatic heterocycles. The molecule has 0 aromatic carbocycles. The molecule has 0 spiro atoms. The highest BCUT2D eigenvalue weighted by Gasteiger charge is 2.45. The number of nitrogens with one attached hydrogen (secondary N) is 1. The van der Waals surface area contributed by atoms with Crippen molar-refractivity contribution in [2.45, 2.75) is 38.6 Å². The third-order valence-corrected chi connectivity index (χ3v) is 4.23. The standard InChI is InChI=1S/C15H21FN2/c1-2-18-15(12-7-13(16)9-17-8-12)14(10-3-4-10)11-5-6-11/h7-11,14-15,18H,2-6H2,1H3. The van der Waals surface area contributed by atoms with Crippen LogP contribution in [0.15, 0.2) is 18.5 Å². The van der Waals surface area contributed by atoms with E-state index < -0.39 is 0 Å². The van der Waals surface area contributed by atoms with Gasteiger partial charge in [-0.1, -0.05) is 6.92 Å². The molecule has 0 amide bonds. The van der Waals surface area contributed by atoms with Crippen molar-refractivity contribution >= 4 is 0 Å². The Hall–Kier alpha value is -0.960. The summed E-state index contributed by atoms with van der Waals surface area (Å²) < 4.78 is 13.4. The molecule has 1 aromatic rings. The molecule has 1 N–H and O–H groups in total. The van der Waals surface area contributed by atoms with Crippen LogP contribution in [0.2, 0.25) is 0 Å². The normalized spacial score (nSPS) is 21.3. The van der Waals surface area contributed by atoms with Gasteiger partial charge >= 0.3 is 0 Å². The van der Waals surface area contributed by atoms with Crippen molar-refractivity contribution in [1.82, 2.24) is 10.3 Å². The van der Waals surface area contributed by atoms with Crippen molar-refractivity contribution in [2.75, 3.05) is 6.54 Å². The topological polar surface area (TPSA) is 24.9 Å². The van der Waals surface area contributed by atoms with Crippen LogP contribution in [-0.2, 0) is 0 Å². The van der Waals surface area contributed by atoms with Crippen molar-refractivity contribution in [3.8, 4) is 0 Å². The molecule has 2 saturated carbocycles. The predicted molar refractivity (Wildman–Crippen MR) is 69.6 cm³/mol. The van der Waals surface area contributed by atoms with Crippen LogP contribution in [0.1, 0.15) is 44.2 Å². The Bertz CT molecular complexity index is 401. The summed E-state index contributed by atoms with van der Waals surface area (Å²) in [5.41, 5.74) is 1.03. The van der Waals surface area contributed by atoms with Crippen LogP contribution < -0.4 is 5.32 Å². The lowest BCUT2D eigenvalue weighted by molar-refractivity contribution is 0.290. The second-order valence-electron chi connectivity index (χ2n) is 5.72. The van der Waals surface area contributed by atoms with Crippen molar-refractivity contribution in [2.24, 2.45) is 17.8 Å². The zero-order valence-electron chi connectivity index (χ0n) is 10.9. The van der Waals surface area contributed by atoms with Gasteiger partial charge in [0.15, 0.2) is 0 Å². The molecule has 2 aliphatic carbocycles. The van der Waals surface area contributed by atoms with Crippen molar-refractivity contribution in [3.05, 3.63) is 29.8 Å². The minimum atomic E-state index is -0.222. The smallest absolute Gasteiger partial charge is 0.141 e. The Labute approximate surface area is 108 Å². The van der Waals surface area contributed by atoms with Crippen LogP contribution >= 0.6 is 0 Å². The second kappa shape index (κ2) is 4.96. The zero-order valence-corrected chi connectivity index (χ0v) is 10.9. The minimum Gasteiger partial charge on any atom is -0.310 e. The molecule has 18 heavy (non-hydrogen) atoms. The predicted octanol–water partition coefficient (Wildman–Crippen LogP) is 3.31. The molecule has 0 saturated heterocycles. The molecule has 0 bridgehead atoms. The number of hydrogen-bond acceptors (Lipinski definition) is 2. The third-order valence-electron chi connectivity index (χ3n) is 4.23. The second-order valence-corrected chi connectivity index (χ2v) is 5.72. The van der Waals surface area contributed by atoms with E-state index in [2.05, 4.69) is 17.2 Å². The van der Waals surface area contributed by atoms with Gasteiger partial charge in [0, 0.05) is 12.2 Å². The fourth-order valence-electron chi connectivity index (χ4n) is 3.19. The third kappa shape index (κ3) is 2.56. The summed E-state index contributed by atoms with van der Waals surface area (Å²) in [5, 5.41) is 3.56. The highest BCUT2D eigenvalue weighted by Crippen LogP contribution is 2.54. The number of aromatic nitrogens is 1. The molecule has 0 aliphatic heterocycles. The van der Waals surface area contributed by atoms with Gasteiger partial charge in [0.1, 0.15) is 5.82 Å². The molecule has 3 rings (SSSR count). The summed E-state index contributed by atoms with van der Waals surface area (Å²) in [6, 6.07) is 1.94. The maximum Gasteiger partial charge on any atom is 0.141 e. The monoisotopic (exact) mass is 248 g/mol. The highest BCUT2D eigenvalue weighted by molar-refractivity contribution is 5.18. The first kappa shape index (κ1) is 12.1. The summed E-state index contributed by atoms with van der Waals surface area (Å²) in [6.07, 6.45) is 8.53. The van der Waals surface area contributed by atoms with Crippen LogP contribution in [-0.4, -0.2) is 11.5 Å². The van der Waals surface area contributed by atoms with Gasteiger partial charge in [0.25, 0.3) is 0 Å². The summed E-state index contributed by atoms with van der Waals surface area (Å²) in [4.78, 5) is 4.01. The average Bonchev–Trinajstić information content (AvgIpc) is 3.23. The van der Waals surface area contributed by atoms with Crippen molar-refractivity contribution < 1.29 is 4.39 Å². The summed E-state index contributed by atoms with van der Waals surface area (Å²) >= 11 is 0. The zero-order chi connectivity index (χ0) is 12.5. The average molecular weight is 248 g/mol. The van der Waals surface area contributed by atoms with Gasteiger partial charge in [-0.15, -0.1) is 0 Å². The van der Waals surface area contributed by atoms with E-state index in [1.807, 2.05) is 6.20 Å². The Kier molecular flexibility index (Phi) is 3.33. The SMILES string of the molecule is CCNC(c1cncc(F)c1)C(C1CC1)C1CC1. The summed E-state index contributed by atoms with van der Waals surface area (Å²) in [5.74, 6) is 2.17. The van der Waals surface area contributed by atoms with Gasteiger partial charge in [0.05, 0.1) is 6.20 Å². The van der Waals surface area contributed by atoms with Gasteiger partial charge in [-0.25, -0.2) is 4.39 Å². The molecule has 98 valence electrons. The van der Waals surface area contributed by atoms with E-state index in [4.69, 9.17) is 0 Å². The molecular formula is C15H21FN2. The largest absolute Gasteiger partial charge is 0.310 e. The molecule has 2 nitrogen and oxygen atoms in total. The van der Waals surface area contributed by atoms with Gasteiger partial charge < -0.3 is 5.32 Å². The molecule has 2 fully saturated rings. The number of pyridine rings is 1. The Balaban J connectivity index is 1.85. The quantitative estimate of drug-likeness (QED) is 0.835. The lowest BCUT2D eigenvalue weighted by atomic mass is 9.85. The molecule has 1 heterocycles. The molecule has 1 unspecified atom stereocenters. The molecule has 3 heteroatoms. The van der Waals surface area contributed by atoms with Gasteiger partial charge in [-0.05, 0) is 61.6 Å². The lowest BCUT2D eigenvalue weighted by Crippen LogP contribution is -2.31. The van der Waals surface area contributed by atoms with Crippen LogP contribution in [0, 0.1) is 23.6 Å². The highest BCUT2D eigenvalue weighted by atomic mass is 19.1. The van der Waals surface area contributed by atoms with Crippen molar-refractivity contribution in [3.63, 3.8) is 0 Å². The summed E-state index contributed by atoms with van der Waals surface area (Å²) in [6.45, 7) is 3.05. The maximum atomic E-state index is 13.4. The van der Waals surface area contributed by atoms with E-state index in [1.54, 1.807) is 6.07 Å². The first-order valence-electron chi connectivity index (χ1n) is 7.13. The lowest BCUT2D eigenvalue weighted by Gasteiger charge is -2.28. The van der Waals surface area contributed by atoms with Crippen LogP contribution in [0.4, 0.5) is 4.39 Å². The fourth-order valence-corrected chi connectivity index (χ4v) is 3.19. The van der Waals surface area contributed by atoms with Gasteiger partial charge in [-0.2, -0.15) is 0 Å². The molecule has 1 atom stereocenters. The number of nitrogens with zero attached hydrogens (tertiary/aromatic N) is 1. The van der Waals surface area contributed by atoms with Gasteiger partial charge in [0.2, 0.25) is 0 Å². The van der Waals surface area contributed by atoms with Crippen LogP contribution in [0.3, 0.4) is 0 Å². The maximum absolute atomic E-state index is 13.4. The minimum absolute atomic E-state index is 0.222. The Morgan fingerprint density at radius 1 is 1.28 bits per heavy atom. The van der Waals surface area contributed by atoms with Gasteiger partial charge in [-0.3, -0.25) is 4.98 Å². The number of rotatable bonds is 6. The van der Waals surface area contributed by atoms with E-state index in [-0.39, 0.29) is 11.9 Å². The first-order valence-corrected chi connectivity index (χ1v) is 7.13. The van der Waals surface area contributed by atoms with E-state index in [0.717, 1.165) is 23.9 Å². The van der Waals surface area contributed by atoms with E-state index in [1.165, 1.54) is 31.9 Å². The molecule has 0 radical (unpaired) electrons. The van der Waals surface area contributed by atoms with Crippen molar-refractivity contribution in [1.29, 1.82) is 0 Å². The van der Waals surface area contributed by atoms with Crippen LogP contribution in [0.25, 0.3) is 0 Å². The Morgan fingerprint density at radius 2 is 1.94 bits per heavy atom. The molecular weight excluding hydrogens is 227 g/mol. The summed E-state index contributed by atoms with van der Waals surface area (Å²) in [7, 11) is 0. The number of hydrogen-bond donors (Lipinski definition) is 1. The van der Waals surface area contributed by atoms with E-state index in [0.29, 0.717) is 5.92 Å². The van der Waals surface area contributed by atoms with E-state index in [9.17, 15) is 4.39 Å².